The maximum absolute atomic E-state index is 13.9. The number of halogens is 5. The molecule has 0 spiro atoms. The predicted octanol–water partition coefficient (Wildman–Crippen LogP) is 3.38. The number of aromatic nitrogens is 1. The number of hydrogen-bond acceptors (Lipinski definition) is 4. The summed E-state index contributed by atoms with van der Waals surface area (Å²) in [5.74, 6) is -0.857. The van der Waals surface area contributed by atoms with Crippen LogP contribution in [-0.4, -0.2) is 37.1 Å². The van der Waals surface area contributed by atoms with Crippen molar-refractivity contribution in [3.05, 3.63) is 45.9 Å². The lowest BCUT2D eigenvalue weighted by Gasteiger charge is -2.21. The minimum Gasteiger partial charge on any atom is -0.365 e. The Labute approximate surface area is 162 Å². The average molecular weight is 419 g/mol. The first-order chi connectivity index (χ1) is 13.3. The van der Waals surface area contributed by atoms with Crippen LogP contribution in [0, 0.1) is 11.6 Å². The monoisotopic (exact) mass is 419 g/mol. The van der Waals surface area contributed by atoms with Crippen LogP contribution in [0.3, 0.4) is 0 Å². The van der Waals surface area contributed by atoms with E-state index in [4.69, 9.17) is 0 Å². The van der Waals surface area contributed by atoms with Gasteiger partial charge in [0.2, 0.25) is 0 Å². The van der Waals surface area contributed by atoms with Crippen molar-refractivity contribution in [3.8, 4) is 0 Å². The van der Waals surface area contributed by atoms with Crippen LogP contribution in [-0.2, 0) is 12.7 Å². The van der Waals surface area contributed by atoms with Gasteiger partial charge in [0.1, 0.15) is 22.3 Å². The number of para-hydroxylation sites is 1. The van der Waals surface area contributed by atoms with E-state index in [0.29, 0.717) is 25.5 Å². The first-order valence-corrected chi connectivity index (χ1v) is 9.33. The van der Waals surface area contributed by atoms with E-state index < -0.39 is 23.5 Å². The molecule has 3 rings (SSSR count). The Balaban J connectivity index is 1.55. The number of rotatable bonds is 4. The molecule has 1 saturated heterocycles. The van der Waals surface area contributed by atoms with Gasteiger partial charge in [-0.1, -0.05) is 6.07 Å². The molecule has 1 aliphatic heterocycles. The molecular formula is C17H18F5N5S. The molecule has 0 radical (unpaired) electrons. The van der Waals surface area contributed by atoms with E-state index in [1.807, 2.05) is 0 Å². The highest BCUT2D eigenvalue weighted by Gasteiger charge is 2.33. The molecule has 11 heteroatoms. The molecule has 1 unspecified atom stereocenters. The Bertz CT molecular complexity index is 830. The maximum atomic E-state index is 13.9. The topological polar surface area (TPSA) is 52.6 Å². The van der Waals surface area contributed by atoms with Gasteiger partial charge in [-0.3, -0.25) is 4.99 Å². The molecule has 2 heterocycles. The summed E-state index contributed by atoms with van der Waals surface area (Å²) in [6.45, 7) is 0.917. The molecule has 28 heavy (non-hydrogen) atoms. The molecule has 2 N–H and O–H groups in total. The van der Waals surface area contributed by atoms with Crippen molar-refractivity contribution in [1.82, 2.24) is 15.6 Å². The highest BCUT2D eigenvalue weighted by molar-refractivity contribution is 7.09. The molecular weight excluding hydrogens is 401 g/mol. The smallest absolute Gasteiger partial charge is 0.365 e. The van der Waals surface area contributed by atoms with Crippen LogP contribution in [0.25, 0.3) is 0 Å². The molecule has 1 fully saturated rings. The van der Waals surface area contributed by atoms with Crippen LogP contribution in [0.5, 0.6) is 0 Å². The number of hydrogen-bond donors (Lipinski definition) is 2. The lowest BCUT2D eigenvalue weighted by Crippen LogP contribution is -2.44. The van der Waals surface area contributed by atoms with Gasteiger partial charge in [0.25, 0.3) is 0 Å². The van der Waals surface area contributed by atoms with Crippen LogP contribution in [0.1, 0.15) is 17.1 Å². The highest BCUT2D eigenvalue weighted by atomic mass is 32.1. The minimum atomic E-state index is -4.47. The Morgan fingerprint density at radius 3 is 2.64 bits per heavy atom. The number of benzene rings is 1. The second-order valence-corrected chi connectivity index (χ2v) is 7.14. The summed E-state index contributed by atoms with van der Waals surface area (Å²) in [5.41, 5.74) is -0.979. The average Bonchev–Trinajstić information content (AvgIpc) is 3.28. The fraction of sp³-hybridized carbons (Fsp3) is 0.412. The largest absolute Gasteiger partial charge is 0.434 e. The van der Waals surface area contributed by atoms with Crippen molar-refractivity contribution in [2.75, 3.05) is 25.0 Å². The zero-order chi connectivity index (χ0) is 20.3. The van der Waals surface area contributed by atoms with Crippen molar-refractivity contribution < 1.29 is 22.0 Å². The Morgan fingerprint density at radius 1 is 1.32 bits per heavy atom. The van der Waals surface area contributed by atoms with Crippen molar-refractivity contribution in [2.24, 2.45) is 4.99 Å². The molecule has 5 nitrogen and oxygen atoms in total. The third-order valence-electron chi connectivity index (χ3n) is 4.26. The van der Waals surface area contributed by atoms with E-state index in [1.165, 1.54) is 25.2 Å². The molecule has 152 valence electrons. The quantitative estimate of drug-likeness (QED) is 0.453. The first-order valence-electron chi connectivity index (χ1n) is 8.45. The summed E-state index contributed by atoms with van der Waals surface area (Å²) in [4.78, 5) is 9.20. The zero-order valence-electron chi connectivity index (χ0n) is 14.9. The normalized spacial score (nSPS) is 17.9. The fourth-order valence-corrected chi connectivity index (χ4v) is 3.68. The predicted molar refractivity (Wildman–Crippen MR) is 97.4 cm³/mol. The van der Waals surface area contributed by atoms with Crippen molar-refractivity contribution >= 4 is 23.0 Å². The molecule has 1 atom stereocenters. The van der Waals surface area contributed by atoms with E-state index in [-0.39, 0.29) is 23.3 Å². The van der Waals surface area contributed by atoms with Gasteiger partial charge in [-0.25, -0.2) is 13.8 Å². The summed E-state index contributed by atoms with van der Waals surface area (Å²) < 4.78 is 65.7. The number of nitrogens with zero attached hydrogens (tertiary/aromatic N) is 3. The van der Waals surface area contributed by atoms with Crippen molar-refractivity contribution in [2.45, 2.75) is 25.2 Å². The summed E-state index contributed by atoms with van der Waals surface area (Å²) in [7, 11) is 1.53. The summed E-state index contributed by atoms with van der Waals surface area (Å²) in [5, 5.41) is 7.26. The van der Waals surface area contributed by atoms with Crippen LogP contribution in [0.4, 0.5) is 27.6 Å². The van der Waals surface area contributed by atoms with Gasteiger partial charge in [-0.2, -0.15) is 13.2 Å². The summed E-state index contributed by atoms with van der Waals surface area (Å²) in [6.07, 6.45) is -3.84. The van der Waals surface area contributed by atoms with Gasteiger partial charge in [0.15, 0.2) is 11.7 Å². The molecule has 2 aromatic rings. The van der Waals surface area contributed by atoms with E-state index in [9.17, 15) is 22.0 Å². The van der Waals surface area contributed by atoms with Crippen LogP contribution in [0.15, 0.2) is 28.6 Å². The lowest BCUT2D eigenvalue weighted by atomic mass is 10.2. The number of aliphatic imine (C=N–C) groups is 1. The van der Waals surface area contributed by atoms with E-state index in [0.717, 1.165) is 16.7 Å². The van der Waals surface area contributed by atoms with Crippen molar-refractivity contribution in [3.63, 3.8) is 0 Å². The van der Waals surface area contributed by atoms with E-state index >= 15 is 0 Å². The van der Waals surface area contributed by atoms with Crippen LogP contribution < -0.4 is 15.5 Å². The standard InChI is InChI=1S/C17H18F5N5S/c1-23-16(24-7-14-26-13(9-28-14)17(20,21)22)25-10-5-6-27(8-10)15-11(18)3-2-4-12(15)19/h2-4,9-10H,5-8H2,1H3,(H2,23,24,25). The Hall–Kier alpha value is -2.43. The SMILES string of the molecule is CN=C(NCc1nc(C(F)(F)F)cs1)NC1CCN(c2c(F)cccc2F)C1. The number of guanidine groups is 1. The number of anilines is 1. The van der Waals surface area contributed by atoms with Crippen molar-refractivity contribution in [1.29, 1.82) is 0 Å². The number of thiazole rings is 1. The number of alkyl halides is 3. The van der Waals surface area contributed by atoms with Gasteiger partial charge in [0, 0.05) is 31.6 Å². The van der Waals surface area contributed by atoms with Gasteiger partial charge >= 0.3 is 6.18 Å². The van der Waals surface area contributed by atoms with Crippen LogP contribution >= 0.6 is 11.3 Å². The molecule has 0 aliphatic carbocycles. The Kier molecular flexibility index (Phi) is 6.01. The molecule has 1 aromatic heterocycles. The van der Waals surface area contributed by atoms with E-state index in [1.54, 1.807) is 4.90 Å². The maximum Gasteiger partial charge on any atom is 0.434 e. The summed E-state index contributed by atoms with van der Waals surface area (Å²) in [6, 6.07) is 3.62. The van der Waals surface area contributed by atoms with Gasteiger partial charge in [0.05, 0.1) is 6.54 Å². The van der Waals surface area contributed by atoms with E-state index in [2.05, 4.69) is 20.6 Å². The zero-order valence-corrected chi connectivity index (χ0v) is 15.7. The van der Waals surface area contributed by atoms with Gasteiger partial charge in [-0.15, -0.1) is 11.3 Å². The third-order valence-corrected chi connectivity index (χ3v) is 5.10. The van der Waals surface area contributed by atoms with Gasteiger partial charge < -0.3 is 15.5 Å². The molecule has 1 aliphatic rings. The molecule has 0 amide bonds. The molecule has 0 saturated carbocycles. The Morgan fingerprint density at radius 2 is 2.04 bits per heavy atom. The van der Waals surface area contributed by atoms with Gasteiger partial charge in [-0.05, 0) is 18.6 Å². The number of nitrogens with one attached hydrogen (secondary N) is 2. The molecule has 0 bridgehead atoms. The third kappa shape index (κ3) is 4.70. The minimum absolute atomic E-state index is 0.0581. The first kappa shape index (κ1) is 20.3. The lowest BCUT2D eigenvalue weighted by molar-refractivity contribution is -0.140. The summed E-state index contributed by atoms with van der Waals surface area (Å²) >= 11 is 0.905. The molecule has 1 aromatic carbocycles. The second kappa shape index (κ2) is 8.29. The second-order valence-electron chi connectivity index (χ2n) is 6.20. The van der Waals surface area contributed by atoms with Crippen LogP contribution in [0.2, 0.25) is 0 Å². The fourth-order valence-electron chi connectivity index (χ4n) is 2.94. The highest BCUT2D eigenvalue weighted by Crippen LogP contribution is 2.30.